The lowest BCUT2D eigenvalue weighted by Crippen LogP contribution is -2.31. The SMILES string of the molecule is Brc1cc(CNCC2CCCCO2)cc2c1OCCO2. The van der Waals surface area contributed by atoms with Gasteiger partial charge in [0.2, 0.25) is 0 Å². The monoisotopic (exact) mass is 341 g/mol. The van der Waals surface area contributed by atoms with Crippen LogP contribution in [-0.4, -0.2) is 32.5 Å². The minimum absolute atomic E-state index is 0.365. The molecule has 0 radical (unpaired) electrons. The maximum atomic E-state index is 5.71. The third-order valence-electron chi connectivity index (χ3n) is 3.63. The van der Waals surface area contributed by atoms with Crippen molar-refractivity contribution in [3.63, 3.8) is 0 Å². The third-order valence-corrected chi connectivity index (χ3v) is 4.22. The van der Waals surface area contributed by atoms with Gasteiger partial charge in [-0.25, -0.2) is 0 Å². The molecule has 2 heterocycles. The molecule has 1 fully saturated rings. The second kappa shape index (κ2) is 6.78. The van der Waals surface area contributed by atoms with Crippen LogP contribution in [0.1, 0.15) is 24.8 Å². The van der Waals surface area contributed by atoms with Crippen molar-refractivity contribution < 1.29 is 14.2 Å². The number of ether oxygens (including phenoxy) is 3. The number of benzene rings is 1. The molecule has 20 heavy (non-hydrogen) atoms. The fraction of sp³-hybridized carbons (Fsp3) is 0.600. The van der Waals surface area contributed by atoms with Gasteiger partial charge in [0.1, 0.15) is 13.2 Å². The highest BCUT2D eigenvalue weighted by atomic mass is 79.9. The van der Waals surface area contributed by atoms with Crippen molar-refractivity contribution >= 4 is 15.9 Å². The Bertz CT molecular complexity index is 461. The molecule has 1 unspecified atom stereocenters. The first-order valence-corrected chi connectivity index (χ1v) is 8.02. The normalized spacial score (nSPS) is 21.8. The van der Waals surface area contributed by atoms with Gasteiger partial charge < -0.3 is 19.5 Å². The Balaban J connectivity index is 1.56. The molecular formula is C15H20BrNO3. The van der Waals surface area contributed by atoms with E-state index in [4.69, 9.17) is 14.2 Å². The molecule has 2 aliphatic heterocycles. The van der Waals surface area contributed by atoms with Gasteiger partial charge in [-0.15, -0.1) is 0 Å². The van der Waals surface area contributed by atoms with Crippen LogP contribution < -0.4 is 14.8 Å². The Kier molecular flexibility index (Phi) is 4.81. The highest BCUT2D eigenvalue weighted by Gasteiger charge is 2.17. The standard InChI is InChI=1S/C15H20BrNO3/c16-13-7-11(8-14-15(13)20-6-5-19-14)9-17-10-12-3-1-2-4-18-12/h7-8,12,17H,1-6,9-10H2. The molecule has 4 nitrogen and oxygen atoms in total. The lowest BCUT2D eigenvalue weighted by Gasteiger charge is -2.23. The second-order valence-electron chi connectivity index (χ2n) is 5.22. The number of hydrogen-bond donors (Lipinski definition) is 1. The summed E-state index contributed by atoms with van der Waals surface area (Å²) in [6, 6.07) is 4.14. The summed E-state index contributed by atoms with van der Waals surface area (Å²) in [6.07, 6.45) is 4.01. The molecular weight excluding hydrogens is 322 g/mol. The molecule has 5 heteroatoms. The van der Waals surface area contributed by atoms with Crippen LogP contribution in [0.2, 0.25) is 0 Å². The van der Waals surface area contributed by atoms with Crippen LogP contribution in [0.3, 0.4) is 0 Å². The highest BCUT2D eigenvalue weighted by Crippen LogP contribution is 2.38. The molecule has 1 saturated heterocycles. The summed E-state index contributed by atoms with van der Waals surface area (Å²) in [7, 11) is 0. The van der Waals surface area contributed by atoms with E-state index in [-0.39, 0.29) is 0 Å². The Morgan fingerprint density at radius 2 is 2.05 bits per heavy atom. The van der Waals surface area contributed by atoms with Gasteiger partial charge >= 0.3 is 0 Å². The summed E-state index contributed by atoms with van der Waals surface area (Å²) in [5.41, 5.74) is 1.19. The van der Waals surface area contributed by atoms with E-state index < -0.39 is 0 Å². The Morgan fingerprint density at radius 3 is 2.90 bits per heavy atom. The van der Waals surface area contributed by atoms with Crippen LogP contribution in [0.4, 0.5) is 0 Å². The van der Waals surface area contributed by atoms with E-state index in [9.17, 15) is 0 Å². The van der Waals surface area contributed by atoms with E-state index in [1.807, 2.05) is 6.07 Å². The van der Waals surface area contributed by atoms with Crippen LogP contribution >= 0.6 is 15.9 Å². The number of rotatable bonds is 4. The van der Waals surface area contributed by atoms with Gasteiger partial charge in [0, 0.05) is 19.7 Å². The van der Waals surface area contributed by atoms with Crippen molar-refractivity contribution in [3.8, 4) is 11.5 Å². The predicted octanol–water partition coefficient (Wildman–Crippen LogP) is 2.88. The zero-order valence-electron chi connectivity index (χ0n) is 11.5. The maximum absolute atomic E-state index is 5.71. The molecule has 1 aromatic carbocycles. The van der Waals surface area contributed by atoms with Crippen LogP contribution in [0.25, 0.3) is 0 Å². The van der Waals surface area contributed by atoms with Gasteiger partial charge in [-0.3, -0.25) is 0 Å². The van der Waals surface area contributed by atoms with E-state index in [0.29, 0.717) is 19.3 Å². The van der Waals surface area contributed by atoms with Crippen LogP contribution in [0, 0.1) is 0 Å². The lowest BCUT2D eigenvalue weighted by atomic mass is 10.1. The fourth-order valence-electron chi connectivity index (χ4n) is 2.61. The van der Waals surface area contributed by atoms with Gasteiger partial charge in [0.05, 0.1) is 10.6 Å². The van der Waals surface area contributed by atoms with Crippen LogP contribution in [0.5, 0.6) is 11.5 Å². The van der Waals surface area contributed by atoms with Crippen molar-refractivity contribution in [3.05, 3.63) is 22.2 Å². The largest absolute Gasteiger partial charge is 0.486 e. The summed E-state index contributed by atoms with van der Waals surface area (Å²) >= 11 is 3.54. The van der Waals surface area contributed by atoms with Crippen molar-refractivity contribution in [2.24, 2.45) is 0 Å². The maximum Gasteiger partial charge on any atom is 0.175 e. The van der Waals surface area contributed by atoms with E-state index in [1.54, 1.807) is 0 Å². The Hall–Kier alpha value is -0.780. The van der Waals surface area contributed by atoms with Crippen LogP contribution in [0.15, 0.2) is 16.6 Å². The van der Waals surface area contributed by atoms with Gasteiger partial charge in [-0.1, -0.05) is 0 Å². The highest BCUT2D eigenvalue weighted by molar-refractivity contribution is 9.10. The second-order valence-corrected chi connectivity index (χ2v) is 6.08. The quantitative estimate of drug-likeness (QED) is 0.913. The average molecular weight is 342 g/mol. The zero-order chi connectivity index (χ0) is 13.8. The molecule has 110 valence electrons. The van der Waals surface area contributed by atoms with Gasteiger partial charge in [0.25, 0.3) is 0 Å². The number of fused-ring (bicyclic) bond motifs is 1. The van der Waals surface area contributed by atoms with Crippen molar-refractivity contribution in [2.75, 3.05) is 26.4 Å². The summed E-state index contributed by atoms with van der Waals surface area (Å²) in [4.78, 5) is 0. The number of nitrogens with one attached hydrogen (secondary N) is 1. The first-order valence-electron chi connectivity index (χ1n) is 7.23. The van der Waals surface area contributed by atoms with Gasteiger partial charge in [0.15, 0.2) is 11.5 Å². The predicted molar refractivity (Wildman–Crippen MR) is 80.4 cm³/mol. The molecule has 0 aromatic heterocycles. The number of hydrogen-bond acceptors (Lipinski definition) is 4. The molecule has 3 rings (SSSR count). The smallest absolute Gasteiger partial charge is 0.175 e. The van der Waals surface area contributed by atoms with Crippen molar-refractivity contribution in [1.29, 1.82) is 0 Å². The molecule has 1 aromatic rings. The Labute approximate surface area is 127 Å². The minimum atomic E-state index is 0.365. The minimum Gasteiger partial charge on any atom is -0.486 e. The molecule has 0 amide bonds. The summed E-state index contributed by atoms with van der Waals surface area (Å²) in [5.74, 6) is 1.65. The van der Waals surface area contributed by atoms with Gasteiger partial charge in [-0.2, -0.15) is 0 Å². The van der Waals surface area contributed by atoms with Crippen LogP contribution in [-0.2, 0) is 11.3 Å². The molecule has 0 bridgehead atoms. The third kappa shape index (κ3) is 3.45. The van der Waals surface area contributed by atoms with Crippen molar-refractivity contribution in [1.82, 2.24) is 5.32 Å². The van der Waals surface area contributed by atoms with E-state index in [0.717, 1.165) is 42.1 Å². The molecule has 2 aliphatic rings. The summed E-state index contributed by atoms with van der Waals surface area (Å²) in [5, 5.41) is 3.46. The first kappa shape index (κ1) is 14.2. The van der Waals surface area contributed by atoms with Gasteiger partial charge in [-0.05, 0) is 52.9 Å². The lowest BCUT2D eigenvalue weighted by molar-refractivity contribution is 0.0168. The first-order chi connectivity index (χ1) is 9.83. The topological polar surface area (TPSA) is 39.7 Å². The average Bonchev–Trinajstić information content (AvgIpc) is 2.48. The molecule has 0 aliphatic carbocycles. The number of halogens is 1. The van der Waals surface area contributed by atoms with E-state index in [1.165, 1.54) is 18.4 Å². The molecule has 0 saturated carbocycles. The summed E-state index contributed by atoms with van der Waals surface area (Å²) in [6.45, 7) is 3.86. The molecule has 1 atom stereocenters. The fourth-order valence-corrected chi connectivity index (χ4v) is 3.22. The summed E-state index contributed by atoms with van der Waals surface area (Å²) < 4.78 is 17.9. The molecule has 0 spiro atoms. The van der Waals surface area contributed by atoms with E-state index in [2.05, 4.69) is 27.3 Å². The van der Waals surface area contributed by atoms with E-state index >= 15 is 0 Å². The molecule has 1 N–H and O–H groups in total. The zero-order valence-corrected chi connectivity index (χ0v) is 13.1. The Morgan fingerprint density at radius 1 is 1.15 bits per heavy atom. The van der Waals surface area contributed by atoms with Crippen molar-refractivity contribution in [2.45, 2.75) is 31.9 Å².